The molecule has 0 radical (unpaired) electrons. The molecule has 0 fully saturated rings. The van der Waals surface area contributed by atoms with Gasteiger partial charge in [0.1, 0.15) is 5.82 Å². The van der Waals surface area contributed by atoms with Gasteiger partial charge in [-0.15, -0.1) is 0 Å². The Morgan fingerprint density at radius 1 is 1.33 bits per heavy atom. The molecule has 0 aliphatic rings. The summed E-state index contributed by atoms with van der Waals surface area (Å²) in [4.78, 5) is 21.2. The molecular weight excluding hydrogens is 270 g/mol. The summed E-state index contributed by atoms with van der Waals surface area (Å²) in [5.41, 5.74) is 0.831. The molecule has 0 amide bonds. The van der Waals surface area contributed by atoms with Gasteiger partial charge in [-0.3, -0.25) is 15.1 Å². The van der Waals surface area contributed by atoms with E-state index in [1.807, 2.05) is 30.0 Å². The van der Waals surface area contributed by atoms with Crippen LogP contribution >= 0.6 is 0 Å². The normalized spacial score (nSPS) is 10.2. The highest BCUT2D eigenvalue weighted by Crippen LogP contribution is 2.28. The number of nitro groups is 1. The summed E-state index contributed by atoms with van der Waals surface area (Å²) in [6.45, 7) is 3.00. The first-order valence-corrected chi connectivity index (χ1v) is 6.63. The zero-order valence-corrected chi connectivity index (χ0v) is 12.0. The van der Waals surface area contributed by atoms with E-state index in [4.69, 9.17) is 0 Å². The highest BCUT2D eigenvalue weighted by molar-refractivity contribution is 5.61. The van der Waals surface area contributed by atoms with Gasteiger partial charge in [0.15, 0.2) is 0 Å². The number of pyridine rings is 2. The van der Waals surface area contributed by atoms with E-state index < -0.39 is 4.92 Å². The van der Waals surface area contributed by atoms with Crippen molar-refractivity contribution in [3.63, 3.8) is 0 Å². The van der Waals surface area contributed by atoms with E-state index in [9.17, 15) is 10.1 Å². The summed E-state index contributed by atoms with van der Waals surface area (Å²) in [5, 5.41) is 14.1. The molecule has 2 rings (SSSR count). The minimum absolute atomic E-state index is 0.00761. The Bertz CT molecular complexity index is 618. The van der Waals surface area contributed by atoms with E-state index >= 15 is 0 Å². The zero-order valence-electron chi connectivity index (χ0n) is 12.0. The van der Waals surface area contributed by atoms with Crippen molar-refractivity contribution in [2.24, 2.45) is 0 Å². The third-order valence-electron chi connectivity index (χ3n) is 3.07. The Morgan fingerprint density at radius 3 is 2.71 bits per heavy atom. The van der Waals surface area contributed by atoms with Crippen LogP contribution in [0.15, 0.2) is 36.5 Å². The van der Waals surface area contributed by atoms with Gasteiger partial charge in [-0.2, -0.15) is 0 Å². The molecule has 0 spiro atoms. The van der Waals surface area contributed by atoms with Gasteiger partial charge in [-0.05, 0) is 25.1 Å². The first-order chi connectivity index (χ1) is 10.2. The second kappa shape index (κ2) is 6.65. The van der Waals surface area contributed by atoms with E-state index in [2.05, 4.69) is 15.3 Å². The maximum Gasteiger partial charge on any atom is 0.311 e. The van der Waals surface area contributed by atoms with Crippen molar-refractivity contribution in [2.45, 2.75) is 13.5 Å². The van der Waals surface area contributed by atoms with Crippen LogP contribution in [0.4, 0.5) is 17.3 Å². The fraction of sp³-hybridized carbons (Fsp3) is 0.286. The van der Waals surface area contributed by atoms with E-state index in [-0.39, 0.29) is 5.69 Å². The smallest absolute Gasteiger partial charge is 0.311 e. The van der Waals surface area contributed by atoms with Crippen molar-refractivity contribution < 1.29 is 4.92 Å². The van der Waals surface area contributed by atoms with Crippen LogP contribution in [0.5, 0.6) is 0 Å². The van der Waals surface area contributed by atoms with Crippen molar-refractivity contribution in [3.05, 3.63) is 52.3 Å². The molecule has 7 nitrogen and oxygen atoms in total. The van der Waals surface area contributed by atoms with Crippen LogP contribution in [0.25, 0.3) is 0 Å². The number of nitrogens with one attached hydrogen (secondary N) is 1. The first kappa shape index (κ1) is 14.7. The van der Waals surface area contributed by atoms with E-state index in [0.717, 1.165) is 5.69 Å². The quantitative estimate of drug-likeness (QED) is 0.649. The molecule has 21 heavy (non-hydrogen) atoms. The maximum absolute atomic E-state index is 11.2. The maximum atomic E-state index is 11.2. The summed E-state index contributed by atoms with van der Waals surface area (Å²) < 4.78 is 0. The second-order valence-electron chi connectivity index (χ2n) is 4.38. The number of aromatic nitrogens is 2. The lowest BCUT2D eigenvalue weighted by Crippen LogP contribution is -2.24. The van der Waals surface area contributed by atoms with E-state index in [1.165, 1.54) is 6.07 Å². The largest absolute Gasteiger partial charge is 0.373 e. The zero-order chi connectivity index (χ0) is 15.2. The van der Waals surface area contributed by atoms with Gasteiger partial charge in [0.2, 0.25) is 5.82 Å². The SMILES string of the molecule is CCN(Cc1ccccn1)c1nc(NC)ccc1[N+](=O)[O-]. The molecule has 0 saturated heterocycles. The standard InChI is InChI=1S/C14H17N5O2/c1-3-18(10-11-6-4-5-9-16-11)14-12(19(20)21)7-8-13(15-2)17-14/h4-9H,3,10H2,1-2H3,(H,15,17). The van der Waals surface area contributed by atoms with Crippen molar-refractivity contribution in [1.29, 1.82) is 0 Å². The number of hydrogen-bond donors (Lipinski definition) is 1. The molecule has 2 heterocycles. The van der Waals surface area contributed by atoms with Crippen LogP contribution in [0.1, 0.15) is 12.6 Å². The Hall–Kier alpha value is -2.70. The van der Waals surface area contributed by atoms with Gasteiger partial charge < -0.3 is 10.2 Å². The lowest BCUT2D eigenvalue weighted by Gasteiger charge is -2.21. The minimum atomic E-state index is -0.414. The van der Waals surface area contributed by atoms with Gasteiger partial charge in [0.05, 0.1) is 17.2 Å². The van der Waals surface area contributed by atoms with Crippen LogP contribution in [-0.2, 0) is 6.54 Å². The summed E-state index contributed by atoms with van der Waals surface area (Å²) in [5.74, 6) is 0.940. The fourth-order valence-corrected chi connectivity index (χ4v) is 1.98. The molecule has 1 N–H and O–H groups in total. The van der Waals surface area contributed by atoms with Crippen molar-refractivity contribution in [3.8, 4) is 0 Å². The van der Waals surface area contributed by atoms with Crippen molar-refractivity contribution >= 4 is 17.3 Å². The number of nitrogens with zero attached hydrogens (tertiary/aromatic N) is 4. The summed E-state index contributed by atoms with van der Waals surface area (Å²) in [6.07, 6.45) is 1.70. The Morgan fingerprint density at radius 2 is 2.14 bits per heavy atom. The summed E-state index contributed by atoms with van der Waals surface area (Å²) in [6, 6.07) is 8.67. The van der Waals surface area contributed by atoms with E-state index in [0.29, 0.717) is 24.7 Å². The van der Waals surface area contributed by atoms with E-state index in [1.54, 1.807) is 19.3 Å². The van der Waals surface area contributed by atoms with Gasteiger partial charge in [0, 0.05) is 25.9 Å². The first-order valence-electron chi connectivity index (χ1n) is 6.63. The molecular formula is C14H17N5O2. The third kappa shape index (κ3) is 3.44. The molecule has 110 valence electrons. The average Bonchev–Trinajstić information content (AvgIpc) is 2.52. The molecule has 0 atom stereocenters. The van der Waals surface area contributed by atoms with Gasteiger partial charge in [0.25, 0.3) is 0 Å². The topological polar surface area (TPSA) is 84.2 Å². The second-order valence-corrected chi connectivity index (χ2v) is 4.38. The van der Waals surface area contributed by atoms with Crippen molar-refractivity contribution in [2.75, 3.05) is 23.8 Å². The molecule has 0 aliphatic heterocycles. The Kier molecular flexibility index (Phi) is 4.65. The highest BCUT2D eigenvalue weighted by atomic mass is 16.6. The lowest BCUT2D eigenvalue weighted by atomic mass is 10.3. The monoisotopic (exact) mass is 287 g/mol. The molecule has 0 aliphatic carbocycles. The lowest BCUT2D eigenvalue weighted by molar-refractivity contribution is -0.384. The van der Waals surface area contributed by atoms with Crippen LogP contribution in [0, 0.1) is 10.1 Å². The summed E-state index contributed by atoms with van der Waals surface area (Å²) in [7, 11) is 1.73. The van der Waals surface area contributed by atoms with Gasteiger partial charge in [-0.1, -0.05) is 6.07 Å². The van der Waals surface area contributed by atoms with Crippen LogP contribution < -0.4 is 10.2 Å². The molecule has 0 bridgehead atoms. The number of rotatable bonds is 6. The molecule has 7 heteroatoms. The fourth-order valence-electron chi connectivity index (χ4n) is 1.98. The predicted octanol–water partition coefficient (Wildman–Crippen LogP) is 2.45. The molecule has 2 aromatic rings. The van der Waals surface area contributed by atoms with Crippen LogP contribution in [0.2, 0.25) is 0 Å². The van der Waals surface area contributed by atoms with Gasteiger partial charge in [-0.25, -0.2) is 4.98 Å². The molecule has 0 unspecified atom stereocenters. The molecule has 2 aromatic heterocycles. The number of hydrogen-bond acceptors (Lipinski definition) is 6. The Labute approximate surface area is 122 Å². The van der Waals surface area contributed by atoms with Gasteiger partial charge >= 0.3 is 5.69 Å². The summed E-state index contributed by atoms with van der Waals surface area (Å²) >= 11 is 0. The average molecular weight is 287 g/mol. The Balaban J connectivity index is 2.38. The molecule has 0 aromatic carbocycles. The van der Waals surface area contributed by atoms with Crippen LogP contribution in [0.3, 0.4) is 0 Å². The predicted molar refractivity (Wildman–Crippen MR) is 81.4 cm³/mol. The molecule has 0 saturated carbocycles. The highest BCUT2D eigenvalue weighted by Gasteiger charge is 2.21. The third-order valence-corrected chi connectivity index (χ3v) is 3.07. The minimum Gasteiger partial charge on any atom is -0.373 e. The van der Waals surface area contributed by atoms with Crippen molar-refractivity contribution in [1.82, 2.24) is 9.97 Å². The van der Waals surface area contributed by atoms with Crippen LogP contribution in [-0.4, -0.2) is 28.5 Å². The number of anilines is 2.